The molecule has 1 aliphatic rings. The van der Waals surface area contributed by atoms with Gasteiger partial charge >= 0.3 is 0 Å². The van der Waals surface area contributed by atoms with Gasteiger partial charge in [0.1, 0.15) is 0 Å². The summed E-state index contributed by atoms with van der Waals surface area (Å²) in [6.45, 7) is 1.60. The number of carbonyl (C=O) groups excluding carboxylic acids is 1. The van der Waals surface area contributed by atoms with Gasteiger partial charge in [-0.05, 0) is 24.5 Å². The summed E-state index contributed by atoms with van der Waals surface area (Å²) in [5.41, 5.74) is 3.29. The van der Waals surface area contributed by atoms with Crippen molar-refractivity contribution >= 4 is 11.9 Å². The van der Waals surface area contributed by atoms with Crippen LogP contribution in [0.25, 0.3) is 6.08 Å². The molecule has 2 rings (SSSR count). The number of ketones is 1. The van der Waals surface area contributed by atoms with Crippen molar-refractivity contribution in [3.63, 3.8) is 0 Å². The van der Waals surface area contributed by atoms with E-state index >= 15 is 0 Å². The second-order valence-electron chi connectivity index (χ2n) is 3.45. The van der Waals surface area contributed by atoms with Crippen molar-refractivity contribution in [3.8, 4) is 0 Å². The summed E-state index contributed by atoms with van der Waals surface area (Å²) in [5, 5.41) is 0. The van der Waals surface area contributed by atoms with Crippen molar-refractivity contribution < 1.29 is 4.79 Å². The first-order chi connectivity index (χ1) is 6.77. The van der Waals surface area contributed by atoms with Crippen LogP contribution in [-0.2, 0) is 11.2 Å². The maximum atomic E-state index is 11.2. The van der Waals surface area contributed by atoms with Crippen LogP contribution in [0.5, 0.6) is 0 Å². The fraction of sp³-hybridized carbons (Fsp3) is 0.154. The van der Waals surface area contributed by atoms with Gasteiger partial charge < -0.3 is 0 Å². The molecule has 0 heterocycles. The highest BCUT2D eigenvalue weighted by molar-refractivity contribution is 5.97. The third-order valence-electron chi connectivity index (χ3n) is 2.45. The number of hydrogen-bond acceptors (Lipinski definition) is 1. The molecule has 0 N–H and O–H groups in total. The Labute approximate surface area is 83.8 Å². The lowest BCUT2D eigenvalue weighted by Crippen LogP contribution is -1.92. The Kier molecular flexibility index (Phi) is 2.32. The van der Waals surface area contributed by atoms with Gasteiger partial charge in [-0.3, -0.25) is 4.79 Å². The van der Waals surface area contributed by atoms with E-state index in [0.29, 0.717) is 0 Å². The van der Waals surface area contributed by atoms with Gasteiger partial charge in [0.2, 0.25) is 0 Å². The summed E-state index contributed by atoms with van der Waals surface area (Å²) in [4.78, 5) is 11.2. The van der Waals surface area contributed by atoms with Crippen LogP contribution >= 0.6 is 0 Å². The molecule has 0 radical (unpaired) electrons. The van der Waals surface area contributed by atoms with E-state index in [-0.39, 0.29) is 5.78 Å². The number of fused-ring (bicyclic) bond motifs is 1. The minimum atomic E-state index is 0.133. The first kappa shape index (κ1) is 8.95. The molecule has 0 bridgehead atoms. The van der Waals surface area contributed by atoms with Crippen LogP contribution in [0.4, 0.5) is 0 Å². The second kappa shape index (κ2) is 3.62. The van der Waals surface area contributed by atoms with Gasteiger partial charge in [-0.15, -0.1) is 0 Å². The smallest absolute Gasteiger partial charge is 0.159 e. The molecule has 0 aliphatic heterocycles. The van der Waals surface area contributed by atoms with Crippen LogP contribution in [-0.4, -0.2) is 5.78 Å². The largest absolute Gasteiger partial charge is 0.295 e. The zero-order valence-electron chi connectivity index (χ0n) is 8.16. The molecule has 14 heavy (non-hydrogen) atoms. The number of carbonyl (C=O) groups is 1. The average Bonchev–Trinajstić information content (AvgIpc) is 2.39. The Bertz CT molecular complexity index is 425. The van der Waals surface area contributed by atoms with Gasteiger partial charge in [0.15, 0.2) is 5.78 Å². The highest BCUT2D eigenvalue weighted by Crippen LogP contribution is 2.17. The van der Waals surface area contributed by atoms with E-state index in [9.17, 15) is 4.79 Å². The lowest BCUT2D eigenvalue weighted by molar-refractivity contribution is -0.113. The van der Waals surface area contributed by atoms with Crippen molar-refractivity contribution in [2.75, 3.05) is 0 Å². The Morgan fingerprint density at radius 1 is 1.21 bits per heavy atom. The molecule has 0 saturated heterocycles. The molecule has 1 aromatic carbocycles. The third kappa shape index (κ3) is 1.67. The van der Waals surface area contributed by atoms with Crippen LogP contribution in [0.2, 0.25) is 0 Å². The summed E-state index contributed by atoms with van der Waals surface area (Å²) in [6.07, 6.45) is 6.74. The van der Waals surface area contributed by atoms with Gasteiger partial charge in [0, 0.05) is 5.57 Å². The summed E-state index contributed by atoms with van der Waals surface area (Å²) in [5.74, 6) is 0.133. The first-order valence-corrected chi connectivity index (χ1v) is 4.74. The van der Waals surface area contributed by atoms with Gasteiger partial charge in [-0.1, -0.05) is 42.5 Å². The van der Waals surface area contributed by atoms with Crippen LogP contribution in [0.1, 0.15) is 18.1 Å². The molecule has 1 nitrogen and oxygen atoms in total. The zero-order valence-corrected chi connectivity index (χ0v) is 8.16. The molecule has 0 fully saturated rings. The number of Topliss-reactive ketones (excluding diaryl/α,β-unsaturated/α-hetero) is 1. The van der Waals surface area contributed by atoms with Gasteiger partial charge in [0.05, 0.1) is 0 Å². The first-order valence-electron chi connectivity index (χ1n) is 4.74. The van der Waals surface area contributed by atoms with Crippen LogP contribution in [0.3, 0.4) is 0 Å². The van der Waals surface area contributed by atoms with E-state index in [1.807, 2.05) is 30.4 Å². The Balaban J connectivity index is 2.41. The zero-order chi connectivity index (χ0) is 9.97. The summed E-state index contributed by atoms with van der Waals surface area (Å²) < 4.78 is 0. The molecular weight excluding hydrogens is 172 g/mol. The second-order valence-corrected chi connectivity index (χ2v) is 3.45. The Morgan fingerprint density at radius 2 is 2.00 bits per heavy atom. The Hall–Kier alpha value is -1.63. The normalized spacial score (nSPS) is 14.2. The molecule has 0 saturated carbocycles. The quantitative estimate of drug-likeness (QED) is 0.656. The Morgan fingerprint density at radius 3 is 2.79 bits per heavy atom. The molecule has 0 atom stereocenters. The SMILES string of the molecule is CC(=O)C1=CCc2ccccc2C=C1. The van der Waals surface area contributed by atoms with Crippen LogP contribution in [0.15, 0.2) is 42.0 Å². The molecule has 70 valence electrons. The summed E-state index contributed by atoms with van der Waals surface area (Å²) in [7, 11) is 0. The van der Waals surface area contributed by atoms with Crippen molar-refractivity contribution in [1.29, 1.82) is 0 Å². The molecule has 0 aromatic heterocycles. The highest BCUT2D eigenvalue weighted by atomic mass is 16.1. The van der Waals surface area contributed by atoms with Gasteiger partial charge in [-0.25, -0.2) is 0 Å². The van der Waals surface area contributed by atoms with Crippen LogP contribution in [0, 0.1) is 0 Å². The predicted octanol–water partition coefficient (Wildman–Crippen LogP) is 2.77. The minimum absolute atomic E-state index is 0.133. The van der Waals surface area contributed by atoms with E-state index in [1.54, 1.807) is 6.92 Å². The van der Waals surface area contributed by atoms with Crippen molar-refractivity contribution in [2.45, 2.75) is 13.3 Å². The fourth-order valence-electron chi connectivity index (χ4n) is 1.61. The number of allylic oxidation sites excluding steroid dienone is 3. The molecule has 1 heteroatoms. The maximum Gasteiger partial charge on any atom is 0.159 e. The lowest BCUT2D eigenvalue weighted by Gasteiger charge is -1.99. The van der Waals surface area contributed by atoms with Crippen molar-refractivity contribution in [1.82, 2.24) is 0 Å². The van der Waals surface area contributed by atoms with Crippen molar-refractivity contribution in [2.24, 2.45) is 0 Å². The van der Waals surface area contributed by atoms with E-state index in [4.69, 9.17) is 0 Å². The van der Waals surface area contributed by atoms with E-state index < -0.39 is 0 Å². The molecule has 1 aliphatic carbocycles. The van der Waals surface area contributed by atoms with Crippen LogP contribution < -0.4 is 0 Å². The highest BCUT2D eigenvalue weighted by Gasteiger charge is 2.05. The maximum absolute atomic E-state index is 11.2. The molecule has 0 amide bonds. The van der Waals surface area contributed by atoms with E-state index in [2.05, 4.69) is 12.1 Å². The molecule has 0 unspecified atom stereocenters. The minimum Gasteiger partial charge on any atom is -0.295 e. The molecular formula is C13H12O. The lowest BCUT2D eigenvalue weighted by atomic mass is 10.1. The number of benzene rings is 1. The topological polar surface area (TPSA) is 17.1 Å². The fourth-order valence-corrected chi connectivity index (χ4v) is 1.61. The standard InChI is InChI=1S/C13H12O/c1-10(14)11-6-8-12-4-2-3-5-13(12)9-7-11/h2-8H,9H2,1H3. The van der Waals surface area contributed by atoms with Gasteiger partial charge in [0.25, 0.3) is 0 Å². The predicted molar refractivity (Wildman–Crippen MR) is 57.9 cm³/mol. The molecule has 1 aromatic rings. The van der Waals surface area contributed by atoms with E-state index in [0.717, 1.165) is 12.0 Å². The number of hydrogen-bond donors (Lipinski definition) is 0. The number of rotatable bonds is 1. The third-order valence-corrected chi connectivity index (χ3v) is 2.45. The monoisotopic (exact) mass is 184 g/mol. The summed E-state index contributed by atoms with van der Waals surface area (Å²) in [6, 6.07) is 8.21. The average molecular weight is 184 g/mol. The van der Waals surface area contributed by atoms with E-state index in [1.165, 1.54) is 11.1 Å². The molecule has 0 spiro atoms. The van der Waals surface area contributed by atoms with Crippen molar-refractivity contribution in [3.05, 3.63) is 53.1 Å². The van der Waals surface area contributed by atoms with Gasteiger partial charge in [-0.2, -0.15) is 0 Å². The summed E-state index contributed by atoms with van der Waals surface area (Å²) >= 11 is 0.